The third-order valence-corrected chi connectivity index (χ3v) is 3.13. The molecule has 4 atom stereocenters. The predicted octanol–water partition coefficient (Wildman–Crippen LogP) is -5.46. The maximum absolute atomic E-state index is 11.7. The van der Waals surface area contributed by atoms with Crippen molar-refractivity contribution in [3.63, 3.8) is 0 Å². The molecule has 0 unspecified atom stereocenters. The van der Waals surface area contributed by atoms with E-state index in [1.54, 1.807) is 0 Å². The number of aromatic amines is 1. The summed E-state index contributed by atoms with van der Waals surface area (Å²) < 4.78 is 32.9. The zero-order chi connectivity index (χ0) is 27.0. The second kappa shape index (κ2) is 13.1. The molecule has 0 aromatic carbocycles. The zero-order valence-electron chi connectivity index (χ0n) is 16.2. The van der Waals surface area contributed by atoms with Crippen LogP contribution in [0.1, 0.15) is 6.92 Å². The fourth-order valence-corrected chi connectivity index (χ4v) is 2.08. The van der Waals surface area contributed by atoms with E-state index in [9.17, 15) is 19.8 Å². The molecule has 1 aromatic rings. The van der Waals surface area contributed by atoms with E-state index in [-0.39, 0.29) is 0 Å². The van der Waals surface area contributed by atoms with E-state index in [4.69, 9.17) is 67.6 Å². The maximum atomic E-state index is 11.7. The van der Waals surface area contributed by atoms with E-state index in [0.29, 0.717) is 0 Å². The fraction of sp³-hybridized carbons (Fsp3) is 0.600. The molecule has 13 N–H and O–H groups in total. The Morgan fingerprint density at radius 1 is 0.939 bits per heavy atom. The van der Waals surface area contributed by atoms with Gasteiger partial charge in [-0.3, -0.25) is 14.3 Å². The van der Waals surface area contributed by atoms with Crippen LogP contribution in [-0.4, -0.2) is 93.8 Å². The topological polar surface area (TPSA) is 358 Å². The lowest BCUT2D eigenvalue weighted by Gasteiger charge is -2.29. The summed E-state index contributed by atoms with van der Waals surface area (Å²) >= 11 is 0. The normalized spacial score (nSPS) is 24.9. The lowest BCUT2D eigenvalue weighted by atomic mass is 10.0. The molecule has 0 spiro atoms. The molecular formula is C10H23N2O18P3. The van der Waals surface area contributed by atoms with Crippen molar-refractivity contribution in [2.75, 3.05) is 6.61 Å². The lowest BCUT2D eigenvalue weighted by Crippen LogP contribution is -2.49. The van der Waals surface area contributed by atoms with Gasteiger partial charge in [-0.1, -0.05) is 0 Å². The van der Waals surface area contributed by atoms with Gasteiger partial charge in [0.15, 0.2) is 5.72 Å². The van der Waals surface area contributed by atoms with Crippen molar-refractivity contribution < 1.29 is 77.8 Å². The number of ether oxygens (including phenoxy) is 1. The Morgan fingerprint density at radius 2 is 1.30 bits per heavy atom. The highest BCUT2D eigenvalue weighted by Crippen LogP contribution is 2.33. The van der Waals surface area contributed by atoms with E-state index in [0.717, 1.165) is 16.8 Å². The average molecular weight is 552 g/mol. The van der Waals surface area contributed by atoms with Crippen molar-refractivity contribution in [3.05, 3.63) is 33.1 Å². The Bertz CT molecular complexity index is 917. The number of nitrogens with zero attached hydrogens (tertiary/aromatic N) is 1. The summed E-state index contributed by atoms with van der Waals surface area (Å²) in [4.78, 5) is 89.3. The molecule has 0 saturated carbocycles. The number of aromatic nitrogens is 2. The first-order chi connectivity index (χ1) is 14.4. The largest absolute Gasteiger partial charge is 0.466 e. The lowest BCUT2D eigenvalue weighted by molar-refractivity contribution is -0.137. The summed E-state index contributed by atoms with van der Waals surface area (Å²) in [6.45, 7) is 0.891. The molecule has 1 saturated heterocycles. The van der Waals surface area contributed by atoms with Crippen LogP contribution in [0, 0.1) is 0 Å². The molecule has 2 rings (SSSR count). The molecule has 0 radical (unpaired) electrons. The number of hydrogen-bond acceptors (Lipinski definition) is 9. The van der Waals surface area contributed by atoms with Gasteiger partial charge in [-0.15, -0.1) is 0 Å². The summed E-state index contributed by atoms with van der Waals surface area (Å²) in [7, 11) is -13.9. The van der Waals surface area contributed by atoms with Crippen LogP contribution >= 0.6 is 23.5 Å². The van der Waals surface area contributed by atoms with Crippen LogP contribution in [0.5, 0.6) is 0 Å². The number of hydrogen-bond donors (Lipinski definition) is 13. The minimum absolute atomic E-state index is 0.494. The van der Waals surface area contributed by atoms with E-state index in [1.807, 2.05) is 4.98 Å². The van der Waals surface area contributed by atoms with Gasteiger partial charge in [0.25, 0.3) is 5.56 Å². The predicted molar refractivity (Wildman–Crippen MR) is 102 cm³/mol. The Hall–Kier alpha value is -1.15. The number of aliphatic hydroxyl groups is 3. The Kier molecular flexibility index (Phi) is 13.5. The van der Waals surface area contributed by atoms with Crippen LogP contribution in [0.2, 0.25) is 0 Å². The first kappa shape index (κ1) is 34.0. The Balaban J connectivity index is 0. The van der Waals surface area contributed by atoms with Gasteiger partial charge in [-0.05, 0) is 6.92 Å². The minimum Gasteiger partial charge on any atom is -0.394 e. The van der Waals surface area contributed by atoms with Crippen molar-refractivity contribution in [1.82, 2.24) is 9.55 Å². The second-order valence-electron chi connectivity index (χ2n) is 5.85. The molecule has 1 aromatic heterocycles. The van der Waals surface area contributed by atoms with Crippen molar-refractivity contribution in [2.45, 2.75) is 31.0 Å². The van der Waals surface area contributed by atoms with Crippen molar-refractivity contribution >= 4 is 23.5 Å². The van der Waals surface area contributed by atoms with Gasteiger partial charge >= 0.3 is 29.2 Å². The molecule has 23 heteroatoms. The highest BCUT2D eigenvalue weighted by Gasteiger charge is 2.52. The summed E-state index contributed by atoms with van der Waals surface area (Å²) in [6, 6.07) is 1.10. The number of H-pyrrole nitrogens is 1. The quantitative estimate of drug-likeness (QED) is 0.152. The number of phosphoric acid groups is 3. The van der Waals surface area contributed by atoms with Crippen molar-refractivity contribution in [3.8, 4) is 0 Å². The third kappa shape index (κ3) is 17.0. The molecule has 1 fully saturated rings. The van der Waals surface area contributed by atoms with Crippen LogP contribution in [-0.2, 0) is 24.2 Å². The summed E-state index contributed by atoms with van der Waals surface area (Å²) in [5.41, 5.74) is -2.89. The molecule has 20 nitrogen and oxygen atoms in total. The minimum atomic E-state index is -4.64. The van der Waals surface area contributed by atoms with Gasteiger partial charge in [0.2, 0.25) is 0 Å². The molecule has 1 aliphatic heterocycles. The average Bonchev–Trinajstić information content (AvgIpc) is 2.74. The first-order valence-electron chi connectivity index (χ1n) is 7.72. The Labute approximate surface area is 182 Å². The second-order valence-corrected chi connectivity index (χ2v) is 8.93. The molecule has 0 amide bonds. The molecule has 0 bridgehead atoms. The van der Waals surface area contributed by atoms with Crippen LogP contribution in [0.15, 0.2) is 21.9 Å². The van der Waals surface area contributed by atoms with Crippen LogP contribution in [0.3, 0.4) is 0 Å². The van der Waals surface area contributed by atoms with Gasteiger partial charge in [-0.2, -0.15) is 0 Å². The van der Waals surface area contributed by atoms with Gasteiger partial charge in [-0.25, -0.2) is 18.5 Å². The summed E-state index contributed by atoms with van der Waals surface area (Å²) in [6.07, 6.45) is -2.56. The van der Waals surface area contributed by atoms with Crippen LogP contribution in [0.25, 0.3) is 0 Å². The fourth-order valence-electron chi connectivity index (χ4n) is 2.08. The van der Waals surface area contributed by atoms with E-state index in [1.165, 1.54) is 6.92 Å². The monoisotopic (exact) mass is 552 g/mol. The summed E-state index contributed by atoms with van der Waals surface area (Å²) in [5.74, 6) is 0. The highest BCUT2D eigenvalue weighted by molar-refractivity contribution is 7.45. The van der Waals surface area contributed by atoms with Crippen molar-refractivity contribution in [1.29, 1.82) is 0 Å². The molecule has 1 aliphatic rings. The molecule has 0 aliphatic carbocycles. The highest BCUT2D eigenvalue weighted by atomic mass is 31.2. The smallest absolute Gasteiger partial charge is 0.394 e. The third-order valence-electron chi connectivity index (χ3n) is 3.13. The first-order valence-corrected chi connectivity index (χ1v) is 12.4. The van der Waals surface area contributed by atoms with E-state index in [2.05, 4.69) is 0 Å². The maximum Gasteiger partial charge on any atom is 0.466 e. The van der Waals surface area contributed by atoms with E-state index >= 15 is 0 Å². The molecule has 33 heavy (non-hydrogen) atoms. The number of aliphatic hydroxyl groups excluding tert-OH is 3. The van der Waals surface area contributed by atoms with Crippen LogP contribution in [0.4, 0.5) is 0 Å². The molecular weight excluding hydrogens is 529 g/mol. The van der Waals surface area contributed by atoms with Gasteiger partial charge in [0.1, 0.15) is 18.3 Å². The van der Waals surface area contributed by atoms with Gasteiger partial charge in [0.05, 0.1) is 6.61 Å². The SMILES string of the molecule is C[C@@]1(n2ccc(=O)[nH]c2=O)O[C@H](CO)[C@@H](O)[C@H]1O.O=P(O)(O)O.O=P(O)(O)O.O=P(O)(O)O. The van der Waals surface area contributed by atoms with Gasteiger partial charge < -0.3 is 64.1 Å². The van der Waals surface area contributed by atoms with Gasteiger partial charge in [0, 0.05) is 12.3 Å². The van der Waals surface area contributed by atoms with Crippen LogP contribution < -0.4 is 11.2 Å². The standard InChI is InChI=1S/C10H14N2O6.3H3O4P/c1-10(8(16)7(15)5(4-13)18-10)12-3-2-6(14)11-9(12)17;3*1-5(2,3)4/h2-3,5,7-8,13,15-16H,4H2,1H3,(H,11,14,17);3*(H3,1,2,3,4)/t5-,7-,8-,10-;;;/m1.../s1. The molecule has 196 valence electrons. The van der Waals surface area contributed by atoms with E-state index < -0.39 is 65.4 Å². The van der Waals surface area contributed by atoms with Crippen molar-refractivity contribution in [2.24, 2.45) is 0 Å². The Morgan fingerprint density at radius 3 is 1.58 bits per heavy atom. The number of rotatable bonds is 2. The zero-order valence-corrected chi connectivity index (χ0v) is 18.9. The summed E-state index contributed by atoms with van der Waals surface area (Å²) in [5, 5.41) is 28.6. The molecule has 2 heterocycles. The number of nitrogens with one attached hydrogen (secondary N) is 1.